The normalized spacial score (nSPS) is 20.8. The van der Waals surface area contributed by atoms with Crippen LogP contribution >= 0.6 is 0 Å². The van der Waals surface area contributed by atoms with Crippen molar-refractivity contribution in [2.75, 3.05) is 33.7 Å². The summed E-state index contributed by atoms with van der Waals surface area (Å²) in [5.74, 6) is 0. The highest BCUT2D eigenvalue weighted by Gasteiger charge is 2.24. The molecule has 18 heavy (non-hydrogen) atoms. The Morgan fingerprint density at radius 3 is 2.61 bits per heavy atom. The zero-order chi connectivity index (χ0) is 13.0. The number of likely N-dealkylation sites (tertiary alicyclic amines) is 1. The minimum Gasteiger partial charge on any atom is -0.330 e. The molecule has 0 saturated carbocycles. The summed E-state index contributed by atoms with van der Waals surface area (Å²) >= 11 is 0. The highest BCUT2D eigenvalue weighted by Crippen LogP contribution is 2.18. The molecule has 0 radical (unpaired) electrons. The van der Waals surface area contributed by atoms with Crippen LogP contribution in [0.2, 0.25) is 0 Å². The van der Waals surface area contributed by atoms with E-state index in [-0.39, 0.29) is 0 Å². The van der Waals surface area contributed by atoms with E-state index < -0.39 is 0 Å². The SMILES string of the molecule is CN(C)C1CCN(Cc2ccccc2CCN)C1. The van der Waals surface area contributed by atoms with Crippen LogP contribution in [0.5, 0.6) is 0 Å². The summed E-state index contributed by atoms with van der Waals surface area (Å²) in [5.41, 5.74) is 8.54. The Morgan fingerprint density at radius 2 is 2.00 bits per heavy atom. The predicted molar refractivity (Wildman–Crippen MR) is 76.6 cm³/mol. The van der Waals surface area contributed by atoms with Crippen molar-refractivity contribution in [3.05, 3.63) is 35.4 Å². The smallest absolute Gasteiger partial charge is 0.0237 e. The summed E-state index contributed by atoms with van der Waals surface area (Å²) in [5, 5.41) is 0. The van der Waals surface area contributed by atoms with Crippen molar-refractivity contribution in [3.8, 4) is 0 Å². The van der Waals surface area contributed by atoms with Gasteiger partial charge in [-0.3, -0.25) is 4.90 Å². The van der Waals surface area contributed by atoms with E-state index in [9.17, 15) is 0 Å². The Labute approximate surface area is 111 Å². The molecule has 0 aliphatic carbocycles. The van der Waals surface area contributed by atoms with Gasteiger partial charge in [0.2, 0.25) is 0 Å². The summed E-state index contributed by atoms with van der Waals surface area (Å²) in [6.07, 6.45) is 2.27. The van der Waals surface area contributed by atoms with Crippen LogP contribution in [0.4, 0.5) is 0 Å². The maximum absolute atomic E-state index is 5.68. The number of nitrogens with zero attached hydrogens (tertiary/aromatic N) is 2. The maximum Gasteiger partial charge on any atom is 0.0237 e. The zero-order valence-electron chi connectivity index (χ0n) is 11.6. The first-order valence-corrected chi connectivity index (χ1v) is 6.86. The van der Waals surface area contributed by atoms with Crippen molar-refractivity contribution in [2.24, 2.45) is 5.73 Å². The lowest BCUT2D eigenvalue weighted by Gasteiger charge is -2.21. The number of nitrogens with two attached hydrogens (primary N) is 1. The molecule has 3 heteroatoms. The first kappa shape index (κ1) is 13.5. The molecule has 0 aromatic heterocycles. The molecular formula is C15H25N3. The van der Waals surface area contributed by atoms with Gasteiger partial charge in [0.05, 0.1) is 0 Å². The third kappa shape index (κ3) is 3.31. The van der Waals surface area contributed by atoms with Gasteiger partial charge in [0.25, 0.3) is 0 Å². The zero-order valence-corrected chi connectivity index (χ0v) is 11.6. The molecule has 1 saturated heterocycles. The van der Waals surface area contributed by atoms with Crippen molar-refractivity contribution in [3.63, 3.8) is 0 Å². The molecule has 1 atom stereocenters. The highest BCUT2D eigenvalue weighted by molar-refractivity contribution is 5.27. The molecule has 1 aromatic carbocycles. The number of likely N-dealkylation sites (N-methyl/N-ethyl adjacent to an activating group) is 1. The molecule has 0 spiro atoms. The summed E-state index contributed by atoms with van der Waals surface area (Å²) < 4.78 is 0. The number of hydrogen-bond acceptors (Lipinski definition) is 3. The lowest BCUT2D eigenvalue weighted by atomic mass is 10.0. The first-order chi connectivity index (χ1) is 8.70. The predicted octanol–water partition coefficient (Wildman–Crippen LogP) is 1.32. The topological polar surface area (TPSA) is 32.5 Å². The van der Waals surface area contributed by atoms with Gasteiger partial charge in [-0.2, -0.15) is 0 Å². The molecule has 0 amide bonds. The van der Waals surface area contributed by atoms with Gasteiger partial charge in [-0.05, 0) is 44.6 Å². The fourth-order valence-electron chi connectivity index (χ4n) is 2.73. The molecule has 2 rings (SSSR count). The first-order valence-electron chi connectivity index (χ1n) is 6.86. The van der Waals surface area contributed by atoms with Gasteiger partial charge in [-0.25, -0.2) is 0 Å². The van der Waals surface area contributed by atoms with Gasteiger partial charge >= 0.3 is 0 Å². The third-order valence-electron chi connectivity index (χ3n) is 3.90. The standard InChI is InChI=1S/C15H25N3/c1-17(2)15-8-10-18(12-15)11-14-6-4-3-5-13(14)7-9-16/h3-6,15H,7-12,16H2,1-2H3. The van der Waals surface area contributed by atoms with E-state index in [1.807, 2.05) is 0 Å². The van der Waals surface area contributed by atoms with Crippen molar-refractivity contribution in [2.45, 2.75) is 25.4 Å². The van der Waals surface area contributed by atoms with Gasteiger partial charge in [-0.1, -0.05) is 24.3 Å². The Hall–Kier alpha value is -0.900. The largest absolute Gasteiger partial charge is 0.330 e. The Balaban J connectivity index is 1.98. The molecule has 1 aliphatic rings. The van der Waals surface area contributed by atoms with E-state index >= 15 is 0 Å². The third-order valence-corrected chi connectivity index (χ3v) is 3.90. The summed E-state index contributed by atoms with van der Waals surface area (Å²) in [6.45, 7) is 4.20. The van der Waals surface area contributed by atoms with Crippen molar-refractivity contribution in [1.29, 1.82) is 0 Å². The average molecular weight is 247 g/mol. The molecule has 1 unspecified atom stereocenters. The summed E-state index contributed by atoms with van der Waals surface area (Å²) in [7, 11) is 4.35. The second-order valence-corrected chi connectivity index (χ2v) is 5.45. The fourth-order valence-corrected chi connectivity index (χ4v) is 2.73. The van der Waals surface area contributed by atoms with Crippen molar-refractivity contribution in [1.82, 2.24) is 9.80 Å². The van der Waals surface area contributed by atoms with Gasteiger partial charge in [0, 0.05) is 25.7 Å². The number of rotatable bonds is 5. The van der Waals surface area contributed by atoms with E-state index in [4.69, 9.17) is 5.73 Å². The molecule has 1 aromatic rings. The molecule has 1 heterocycles. The molecule has 1 aliphatic heterocycles. The van der Waals surface area contributed by atoms with Crippen molar-refractivity contribution >= 4 is 0 Å². The van der Waals surface area contributed by atoms with Gasteiger partial charge < -0.3 is 10.6 Å². The van der Waals surface area contributed by atoms with Crippen LogP contribution in [0.3, 0.4) is 0 Å². The molecule has 100 valence electrons. The van der Waals surface area contributed by atoms with E-state index in [0.717, 1.165) is 19.5 Å². The Kier molecular flexibility index (Phi) is 4.75. The lowest BCUT2D eigenvalue weighted by molar-refractivity contribution is 0.264. The molecule has 0 bridgehead atoms. The Bertz CT molecular complexity index is 376. The minimum atomic E-state index is 0.715. The van der Waals surface area contributed by atoms with E-state index in [2.05, 4.69) is 48.2 Å². The number of benzene rings is 1. The minimum absolute atomic E-state index is 0.715. The van der Waals surface area contributed by atoms with E-state index in [1.54, 1.807) is 0 Å². The quantitative estimate of drug-likeness (QED) is 0.852. The van der Waals surface area contributed by atoms with Gasteiger partial charge in [0.15, 0.2) is 0 Å². The fraction of sp³-hybridized carbons (Fsp3) is 0.600. The highest BCUT2D eigenvalue weighted by atomic mass is 15.2. The van der Waals surface area contributed by atoms with Gasteiger partial charge in [-0.15, -0.1) is 0 Å². The van der Waals surface area contributed by atoms with Crippen LogP contribution in [-0.2, 0) is 13.0 Å². The van der Waals surface area contributed by atoms with Crippen LogP contribution in [0.15, 0.2) is 24.3 Å². The van der Waals surface area contributed by atoms with Crippen LogP contribution < -0.4 is 5.73 Å². The second kappa shape index (κ2) is 6.32. The monoisotopic (exact) mass is 247 g/mol. The number of hydrogen-bond donors (Lipinski definition) is 1. The maximum atomic E-state index is 5.68. The Morgan fingerprint density at radius 1 is 1.28 bits per heavy atom. The van der Waals surface area contributed by atoms with Gasteiger partial charge in [0.1, 0.15) is 0 Å². The molecule has 3 nitrogen and oxygen atoms in total. The van der Waals surface area contributed by atoms with Crippen LogP contribution in [0.1, 0.15) is 17.5 Å². The van der Waals surface area contributed by atoms with E-state index in [1.165, 1.54) is 30.6 Å². The molecular weight excluding hydrogens is 222 g/mol. The molecule has 2 N–H and O–H groups in total. The summed E-state index contributed by atoms with van der Waals surface area (Å²) in [6, 6.07) is 9.41. The second-order valence-electron chi connectivity index (χ2n) is 5.45. The summed E-state index contributed by atoms with van der Waals surface area (Å²) in [4.78, 5) is 4.89. The van der Waals surface area contributed by atoms with E-state index in [0.29, 0.717) is 6.04 Å². The van der Waals surface area contributed by atoms with Crippen LogP contribution in [-0.4, -0.2) is 49.6 Å². The van der Waals surface area contributed by atoms with Crippen LogP contribution in [0.25, 0.3) is 0 Å². The lowest BCUT2D eigenvalue weighted by Crippen LogP contribution is -2.31. The van der Waals surface area contributed by atoms with Crippen molar-refractivity contribution < 1.29 is 0 Å². The van der Waals surface area contributed by atoms with Crippen LogP contribution in [0, 0.1) is 0 Å². The molecule has 1 fully saturated rings. The average Bonchev–Trinajstić information content (AvgIpc) is 2.81.